The van der Waals surface area contributed by atoms with Crippen LogP contribution in [0.1, 0.15) is 30.7 Å². The summed E-state index contributed by atoms with van der Waals surface area (Å²) >= 11 is 1.58. The van der Waals surface area contributed by atoms with Gasteiger partial charge in [-0.3, -0.25) is 4.79 Å². The van der Waals surface area contributed by atoms with Crippen LogP contribution in [0.25, 0.3) is 11.3 Å². The summed E-state index contributed by atoms with van der Waals surface area (Å²) < 4.78 is 0. The predicted octanol–water partition coefficient (Wildman–Crippen LogP) is 3.44. The van der Waals surface area contributed by atoms with Gasteiger partial charge in [-0.05, 0) is 25.7 Å². The minimum Gasteiger partial charge on any atom is -0.328 e. The quantitative estimate of drug-likeness (QED) is 0.941. The molecule has 0 saturated heterocycles. The van der Waals surface area contributed by atoms with Crippen LogP contribution >= 0.6 is 11.3 Å². The maximum absolute atomic E-state index is 12.3. The fourth-order valence-electron chi connectivity index (χ4n) is 2.87. The maximum atomic E-state index is 12.3. The van der Waals surface area contributed by atoms with Crippen molar-refractivity contribution in [2.45, 2.75) is 38.1 Å². The lowest BCUT2D eigenvalue weighted by molar-refractivity contribution is -0.123. The van der Waals surface area contributed by atoms with E-state index in [0.717, 1.165) is 41.9 Å². The zero-order valence-electron chi connectivity index (χ0n) is 12.0. The molecule has 110 valence electrons. The normalized spacial score (nSPS) is 22.1. The summed E-state index contributed by atoms with van der Waals surface area (Å²) in [5, 5.41) is 2.96. The summed E-state index contributed by atoms with van der Waals surface area (Å²) in [7, 11) is 0. The van der Waals surface area contributed by atoms with Gasteiger partial charge in [-0.25, -0.2) is 4.98 Å². The van der Waals surface area contributed by atoms with Crippen LogP contribution in [0.3, 0.4) is 0 Å². The molecule has 1 aromatic heterocycles. The number of carbonyl (C=O) groups excluding carboxylic acids is 1. The SMILES string of the molecule is NC1CCC(C(=O)Cc2nc(-c3ccccc3)cs2)CC1. The fraction of sp³-hybridized carbons (Fsp3) is 0.412. The number of rotatable bonds is 4. The lowest BCUT2D eigenvalue weighted by Crippen LogP contribution is -2.30. The monoisotopic (exact) mass is 300 g/mol. The molecule has 4 heteroatoms. The second-order valence-corrected chi connectivity index (χ2v) is 6.69. The number of hydrogen-bond donors (Lipinski definition) is 1. The van der Waals surface area contributed by atoms with Crippen LogP contribution in [0.4, 0.5) is 0 Å². The minimum absolute atomic E-state index is 0.189. The Balaban J connectivity index is 1.63. The zero-order valence-corrected chi connectivity index (χ0v) is 12.8. The second kappa shape index (κ2) is 6.50. The van der Waals surface area contributed by atoms with Gasteiger partial charge in [-0.15, -0.1) is 11.3 Å². The Hall–Kier alpha value is -1.52. The van der Waals surface area contributed by atoms with Gasteiger partial charge in [0.2, 0.25) is 0 Å². The van der Waals surface area contributed by atoms with Crippen molar-refractivity contribution in [2.24, 2.45) is 11.7 Å². The maximum Gasteiger partial charge on any atom is 0.142 e. The van der Waals surface area contributed by atoms with Crippen molar-refractivity contribution >= 4 is 17.1 Å². The molecule has 0 amide bonds. The van der Waals surface area contributed by atoms with Crippen LogP contribution in [0.15, 0.2) is 35.7 Å². The van der Waals surface area contributed by atoms with Crippen LogP contribution < -0.4 is 5.73 Å². The summed E-state index contributed by atoms with van der Waals surface area (Å²) in [5.41, 5.74) is 7.97. The molecule has 2 aromatic rings. The van der Waals surface area contributed by atoms with E-state index in [1.807, 2.05) is 35.7 Å². The Morgan fingerprint density at radius 1 is 1.19 bits per heavy atom. The molecule has 1 aromatic carbocycles. The number of nitrogens with two attached hydrogens (primary N) is 1. The third-order valence-corrected chi connectivity index (χ3v) is 5.02. The number of carbonyl (C=O) groups is 1. The van der Waals surface area contributed by atoms with Crippen LogP contribution in [0.5, 0.6) is 0 Å². The number of benzene rings is 1. The Labute approximate surface area is 129 Å². The average Bonchev–Trinajstić information content (AvgIpc) is 2.97. The highest BCUT2D eigenvalue weighted by molar-refractivity contribution is 7.10. The molecular formula is C17H20N2OS. The second-order valence-electron chi connectivity index (χ2n) is 5.75. The van der Waals surface area contributed by atoms with Gasteiger partial charge >= 0.3 is 0 Å². The van der Waals surface area contributed by atoms with Gasteiger partial charge in [0, 0.05) is 22.9 Å². The van der Waals surface area contributed by atoms with Crippen molar-refractivity contribution in [3.63, 3.8) is 0 Å². The lowest BCUT2D eigenvalue weighted by Gasteiger charge is -2.24. The third-order valence-electron chi connectivity index (χ3n) is 4.17. The van der Waals surface area contributed by atoms with Gasteiger partial charge < -0.3 is 5.73 Å². The van der Waals surface area contributed by atoms with Gasteiger partial charge in [0.25, 0.3) is 0 Å². The summed E-state index contributed by atoms with van der Waals surface area (Å²) in [6, 6.07) is 10.4. The standard InChI is InChI=1S/C17H20N2OS/c18-14-8-6-13(7-9-14)16(20)10-17-19-15(11-21-17)12-4-2-1-3-5-12/h1-5,11,13-14H,6-10,18H2. The van der Waals surface area contributed by atoms with E-state index >= 15 is 0 Å². The van der Waals surface area contributed by atoms with Crippen molar-refractivity contribution in [3.8, 4) is 11.3 Å². The molecule has 1 aliphatic rings. The molecule has 0 bridgehead atoms. The molecule has 1 fully saturated rings. The predicted molar refractivity (Wildman–Crippen MR) is 86.2 cm³/mol. The fourth-order valence-corrected chi connectivity index (χ4v) is 3.68. The highest BCUT2D eigenvalue weighted by atomic mass is 32.1. The first-order valence-corrected chi connectivity index (χ1v) is 8.38. The Bertz CT molecular complexity index is 600. The molecule has 0 unspecified atom stereocenters. The van der Waals surface area contributed by atoms with Crippen LogP contribution in [0.2, 0.25) is 0 Å². The summed E-state index contributed by atoms with van der Waals surface area (Å²) in [5.74, 6) is 0.518. The average molecular weight is 300 g/mol. The van der Waals surface area contributed by atoms with Gasteiger partial charge in [0.15, 0.2) is 0 Å². The number of thiazole rings is 1. The molecule has 0 atom stereocenters. The van der Waals surface area contributed by atoms with Gasteiger partial charge in [0.05, 0.1) is 12.1 Å². The van der Waals surface area contributed by atoms with Gasteiger partial charge in [-0.2, -0.15) is 0 Å². The molecule has 0 spiro atoms. The van der Waals surface area contributed by atoms with E-state index in [2.05, 4.69) is 4.98 Å². The highest BCUT2D eigenvalue weighted by Crippen LogP contribution is 2.27. The molecule has 1 saturated carbocycles. The van der Waals surface area contributed by atoms with Crippen LogP contribution in [0, 0.1) is 5.92 Å². The molecule has 2 N–H and O–H groups in total. The van der Waals surface area contributed by atoms with Crippen molar-refractivity contribution < 1.29 is 4.79 Å². The van der Waals surface area contributed by atoms with E-state index in [1.165, 1.54) is 0 Å². The topological polar surface area (TPSA) is 56.0 Å². The molecule has 0 aliphatic heterocycles. The van der Waals surface area contributed by atoms with E-state index in [4.69, 9.17) is 5.73 Å². The lowest BCUT2D eigenvalue weighted by atomic mass is 9.83. The molecule has 0 radical (unpaired) electrons. The van der Waals surface area contributed by atoms with E-state index in [9.17, 15) is 4.79 Å². The molecular weight excluding hydrogens is 280 g/mol. The Kier molecular flexibility index (Phi) is 4.46. The Morgan fingerprint density at radius 3 is 2.62 bits per heavy atom. The first kappa shape index (κ1) is 14.4. The van der Waals surface area contributed by atoms with Crippen molar-refractivity contribution in [1.82, 2.24) is 4.98 Å². The zero-order chi connectivity index (χ0) is 14.7. The minimum atomic E-state index is 0.189. The van der Waals surface area contributed by atoms with Gasteiger partial charge in [-0.1, -0.05) is 30.3 Å². The van der Waals surface area contributed by atoms with Crippen molar-refractivity contribution in [3.05, 3.63) is 40.7 Å². The van der Waals surface area contributed by atoms with E-state index in [0.29, 0.717) is 18.2 Å². The molecule has 3 nitrogen and oxygen atoms in total. The molecule has 21 heavy (non-hydrogen) atoms. The number of nitrogens with zero attached hydrogens (tertiary/aromatic N) is 1. The summed E-state index contributed by atoms with van der Waals surface area (Å²) in [6.45, 7) is 0. The van der Waals surface area contributed by atoms with E-state index < -0.39 is 0 Å². The Morgan fingerprint density at radius 2 is 1.90 bits per heavy atom. The van der Waals surface area contributed by atoms with E-state index in [-0.39, 0.29) is 5.92 Å². The number of ketones is 1. The first-order chi connectivity index (χ1) is 10.2. The third kappa shape index (κ3) is 3.57. The van der Waals surface area contributed by atoms with E-state index in [1.54, 1.807) is 11.3 Å². The summed E-state index contributed by atoms with van der Waals surface area (Å²) in [4.78, 5) is 16.9. The largest absolute Gasteiger partial charge is 0.328 e. The van der Waals surface area contributed by atoms with Gasteiger partial charge in [0.1, 0.15) is 10.8 Å². The smallest absolute Gasteiger partial charge is 0.142 e. The highest BCUT2D eigenvalue weighted by Gasteiger charge is 2.25. The first-order valence-electron chi connectivity index (χ1n) is 7.50. The number of aromatic nitrogens is 1. The number of Topliss-reactive ketones (excluding diaryl/α,β-unsaturated/α-hetero) is 1. The van der Waals surface area contributed by atoms with Crippen molar-refractivity contribution in [2.75, 3.05) is 0 Å². The molecule has 3 rings (SSSR count). The molecule has 1 heterocycles. The van der Waals surface area contributed by atoms with Crippen LogP contribution in [-0.2, 0) is 11.2 Å². The summed E-state index contributed by atoms with van der Waals surface area (Å²) in [6.07, 6.45) is 4.30. The molecule has 1 aliphatic carbocycles. The number of hydrogen-bond acceptors (Lipinski definition) is 4. The van der Waals surface area contributed by atoms with Crippen molar-refractivity contribution in [1.29, 1.82) is 0 Å². The van der Waals surface area contributed by atoms with Crippen LogP contribution in [-0.4, -0.2) is 16.8 Å².